The Bertz CT molecular complexity index is 3020. The van der Waals surface area contributed by atoms with Crippen LogP contribution in [0.2, 0.25) is 0 Å². The van der Waals surface area contributed by atoms with E-state index in [1.807, 2.05) is 59.7 Å². The zero-order valence-corrected chi connectivity index (χ0v) is 47.0. The molecule has 9 aromatic rings. The van der Waals surface area contributed by atoms with Gasteiger partial charge in [-0.3, -0.25) is 0 Å². The molecule has 392 valence electrons. The van der Waals surface area contributed by atoms with Gasteiger partial charge >= 0.3 is 0 Å². The predicted molar refractivity (Wildman–Crippen MR) is 340 cm³/mol. The largest absolute Gasteiger partial charge is 0.0776 e. The van der Waals surface area contributed by atoms with Crippen LogP contribution in [0.3, 0.4) is 0 Å². The van der Waals surface area contributed by atoms with Crippen molar-refractivity contribution in [2.24, 2.45) is 5.92 Å². The fourth-order valence-corrected chi connectivity index (χ4v) is 8.86. The summed E-state index contributed by atoms with van der Waals surface area (Å²) in [6.07, 6.45) is 2.39. The maximum atomic E-state index is 2.39. The van der Waals surface area contributed by atoms with E-state index in [-0.39, 0.29) is 14.9 Å². The molecule has 0 aliphatic carbocycles. The lowest BCUT2D eigenvalue weighted by Crippen LogP contribution is -1.97. The van der Waals surface area contributed by atoms with Crippen molar-refractivity contribution in [1.29, 1.82) is 0 Å². The maximum Gasteiger partial charge on any atom is -0.0146 e. The molecule has 0 aliphatic heterocycles. The van der Waals surface area contributed by atoms with Gasteiger partial charge in [-0.2, -0.15) is 0 Å². The second kappa shape index (κ2) is 33.5. The van der Waals surface area contributed by atoms with Crippen LogP contribution in [0.5, 0.6) is 0 Å². The van der Waals surface area contributed by atoms with Crippen molar-refractivity contribution >= 4 is 5.57 Å². The monoisotopic (exact) mass is 993 g/mol. The van der Waals surface area contributed by atoms with Crippen LogP contribution in [0, 0.1) is 40.5 Å². The molecule has 0 atom stereocenters. The third-order valence-electron chi connectivity index (χ3n) is 12.7. The Morgan fingerprint density at radius 1 is 0.333 bits per heavy atom. The number of benzene rings is 9. The van der Waals surface area contributed by atoms with Crippen LogP contribution in [-0.4, -0.2) is 0 Å². The summed E-state index contributed by atoms with van der Waals surface area (Å²) in [5.41, 5.74) is 24.8. The number of rotatable bonds is 9. The molecule has 0 fully saturated rings. The van der Waals surface area contributed by atoms with Gasteiger partial charge in [-0.25, -0.2) is 0 Å². The van der Waals surface area contributed by atoms with Gasteiger partial charge in [-0.05, 0) is 153 Å². The smallest absolute Gasteiger partial charge is 0.0146 e. The van der Waals surface area contributed by atoms with Gasteiger partial charge in [0.2, 0.25) is 0 Å². The molecule has 0 saturated heterocycles. The minimum Gasteiger partial charge on any atom is -0.0776 e. The minimum absolute atomic E-state index is 0. The first kappa shape index (κ1) is 63.8. The van der Waals surface area contributed by atoms with Crippen LogP contribution in [0.4, 0.5) is 0 Å². The third kappa shape index (κ3) is 18.0. The Balaban J connectivity index is 0.000000425. The number of allylic oxidation sites excluding steroid dienone is 1. The average Bonchev–Trinajstić information content (AvgIpc) is 3.44. The van der Waals surface area contributed by atoms with E-state index in [1.165, 1.54) is 106 Å². The van der Waals surface area contributed by atoms with Crippen molar-refractivity contribution in [3.05, 3.63) is 269 Å². The van der Waals surface area contributed by atoms with E-state index in [2.05, 4.69) is 269 Å². The number of aryl methyl sites for hydroxylation is 3. The van der Waals surface area contributed by atoms with Gasteiger partial charge in [0.25, 0.3) is 0 Å². The Labute approximate surface area is 458 Å². The predicted octanol–water partition coefficient (Wildman–Crippen LogP) is 23.5. The molecule has 0 amide bonds. The molecule has 0 aliphatic rings. The highest BCUT2D eigenvalue weighted by molar-refractivity contribution is 5.85. The quantitative estimate of drug-likeness (QED) is 0.135. The van der Waals surface area contributed by atoms with Gasteiger partial charge in [0.1, 0.15) is 0 Å². The Morgan fingerprint density at radius 3 is 1.21 bits per heavy atom. The van der Waals surface area contributed by atoms with Gasteiger partial charge in [0.05, 0.1) is 0 Å². The summed E-state index contributed by atoms with van der Waals surface area (Å²) in [5.74, 6) is 0.971. The zero-order valence-electron chi connectivity index (χ0n) is 47.0. The van der Waals surface area contributed by atoms with Crippen LogP contribution < -0.4 is 0 Å². The molecule has 0 bridgehead atoms. The van der Waals surface area contributed by atoms with Crippen LogP contribution in [-0.2, 0) is 0 Å². The lowest BCUT2D eigenvalue weighted by Gasteiger charge is -2.18. The van der Waals surface area contributed by atoms with Crippen LogP contribution >= 0.6 is 0 Å². The number of hydrogen-bond acceptors (Lipinski definition) is 0. The lowest BCUT2D eigenvalue weighted by molar-refractivity contribution is 0.833. The molecular formula is C75H92. The first-order valence-corrected chi connectivity index (χ1v) is 26.9. The molecule has 0 spiro atoms. The molecule has 0 aromatic heterocycles. The summed E-state index contributed by atoms with van der Waals surface area (Å²) in [7, 11) is 0. The van der Waals surface area contributed by atoms with Gasteiger partial charge < -0.3 is 0 Å². The lowest BCUT2D eigenvalue weighted by atomic mass is 9.86. The molecule has 9 rings (SSSR count). The van der Waals surface area contributed by atoms with Crippen molar-refractivity contribution in [2.45, 2.75) is 125 Å². The van der Waals surface area contributed by atoms with E-state index < -0.39 is 0 Å². The maximum absolute atomic E-state index is 2.39. The van der Waals surface area contributed by atoms with Crippen LogP contribution in [0.15, 0.2) is 224 Å². The van der Waals surface area contributed by atoms with Crippen LogP contribution in [0.1, 0.15) is 135 Å². The minimum atomic E-state index is 0. The van der Waals surface area contributed by atoms with E-state index >= 15 is 0 Å². The third-order valence-corrected chi connectivity index (χ3v) is 12.7. The summed E-state index contributed by atoms with van der Waals surface area (Å²) in [6.45, 7) is 32.0. The van der Waals surface area contributed by atoms with E-state index in [9.17, 15) is 0 Å². The second-order valence-corrected chi connectivity index (χ2v) is 18.4. The van der Waals surface area contributed by atoms with Crippen molar-refractivity contribution in [2.75, 3.05) is 0 Å². The molecule has 0 unspecified atom stereocenters. The summed E-state index contributed by atoms with van der Waals surface area (Å²) in [4.78, 5) is 0. The van der Waals surface area contributed by atoms with Crippen LogP contribution in [0.25, 0.3) is 61.2 Å². The van der Waals surface area contributed by atoms with E-state index in [4.69, 9.17) is 0 Å². The normalized spacial score (nSPS) is 10.2. The highest BCUT2D eigenvalue weighted by Crippen LogP contribution is 2.38. The van der Waals surface area contributed by atoms with E-state index in [0.29, 0.717) is 11.8 Å². The van der Waals surface area contributed by atoms with Crippen molar-refractivity contribution in [3.63, 3.8) is 0 Å². The summed E-state index contributed by atoms with van der Waals surface area (Å²) in [6, 6.07) is 78.1. The zero-order chi connectivity index (χ0) is 53.3. The molecule has 9 aromatic carbocycles. The summed E-state index contributed by atoms with van der Waals surface area (Å²) < 4.78 is 0. The fraction of sp³-hybridized carbons (Fsp3) is 0.253. The highest BCUT2D eigenvalue weighted by Gasteiger charge is 2.15. The molecule has 0 nitrogen and oxygen atoms in total. The Morgan fingerprint density at radius 2 is 0.733 bits per heavy atom. The molecule has 0 saturated carbocycles. The first-order valence-electron chi connectivity index (χ1n) is 26.9. The second-order valence-electron chi connectivity index (χ2n) is 18.4. The van der Waals surface area contributed by atoms with Gasteiger partial charge in [-0.1, -0.05) is 308 Å². The first-order chi connectivity index (χ1) is 35.5. The molecule has 0 heteroatoms. The molecule has 0 heterocycles. The topological polar surface area (TPSA) is 0 Å². The van der Waals surface area contributed by atoms with Crippen molar-refractivity contribution in [1.82, 2.24) is 0 Å². The number of hydrogen-bond donors (Lipinski definition) is 0. The molecular weight excluding hydrogens is 901 g/mol. The van der Waals surface area contributed by atoms with Crippen molar-refractivity contribution in [3.8, 4) is 55.6 Å². The van der Waals surface area contributed by atoms with Gasteiger partial charge in [0.15, 0.2) is 0 Å². The van der Waals surface area contributed by atoms with Gasteiger partial charge in [-0.15, -0.1) is 0 Å². The fourth-order valence-electron chi connectivity index (χ4n) is 8.86. The Hall–Kier alpha value is -7.28. The average molecular weight is 994 g/mol. The SMILES string of the molecule is C.C.CC.CC.CC.Cc1cc(-c2ccccc2)ccc1/C(=C\C(C)C)c1cccc(-c2ccc(-c3ccccc3)cc2)c1.Cc1ccccc1.Cc1ccccc1-c1ccc(-c2ccccc2C(C)C)c(C)c1C. The molecule has 0 N–H and O–H groups in total. The van der Waals surface area contributed by atoms with Crippen molar-refractivity contribution < 1.29 is 0 Å². The highest BCUT2D eigenvalue weighted by atomic mass is 14.2. The standard InChI is InChI=1S/C36H32.C24H26.C7H8.3C2H6.2CH4/c1-26(2)23-36(35-22-21-33(24-27(35)3)29-13-8-5-9-14-29)34-16-10-15-32(25-34)31-19-17-30(18-20-31)28-11-6-4-7-12-28;1-16(2)20-11-8-9-13-24(20)23-15-14-22(18(4)19(23)5)21-12-7-6-10-17(21)3;1-7-5-3-2-4-6-7;3*1-2;;/h4-26H,1-3H3;6-16H,1-5H3;2-6H,1H3;3*1-2H3;2*1H4/b36-23-;;;;;;;. The molecule has 0 radical (unpaired) electrons. The molecule has 75 heavy (non-hydrogen) atoms. The Kier molecular flexibility index (Phi) is 28.5. The van der Waals surface area contributed by atoms with E-state index in [1.54, 1.807) is 0 Å². The summed E-state index contributed by atoms with van der Waals surface area (Å²) >= 11 is 0. The summed E-state index contributed by atoms with van der Waals surface area (Å²) in [5, 5.41) is 0. The van der Waals surface area contributed by atoms with Gasteiger partial charge in [0, 0.05) is 0 Å². The van der Waals surface area contributed by atoms with E-state index in [0.717, 1.165) is 0 Å².